The van der Waals surface area contributed by atoms with Crippen molar-refractivity contribution in [2.45, 2.75) is 41.7 Å². The highest BCUT2D eigenvalue weighted by atomic mass is 32.2. The van der Waals surface area contributed by atoms with Crippen molar-refractivity contribution in [2.24, 2.45) is 5.73 Å². The Hall–Kier alpha value is -1.12. The number of hydrogen-bond acceptors (Lipinski definition) is 5. The Kier molecular flexibility index (Phi) is 4.90. The smallest absolute Gasteiger partial charge is 0.328 e. The van der Waals surface area contributed by atoms with Gasteiger partial charge in [0, 0.05) is 10.9 Å². The summed E-state index contributed by atoms with van der Waals surface area (Å²) in [6, 6.07) is 4.13. The Balaban J connectivity index is 2.35. The molecule has 21 heavy (non-hydrogen) atoms. The first-order valence-corrected chi connectivity index (χ1v) is 7.78. The molecule has 3 nitrogen and oxygen atoms in total. The SMILES string of the molecule is Cc1nsc(Sc2ccc(CC(C)N)cc2C(F)(F)F)n1. The van der Waals surface area contributed by atoms with Gasteiger partial charge >= 0.3 is 6.18 Å². The van der Waals surface area contributed by atoms with Crippen molar-refractivity contribution in [3.05, 3.63) is 35.2 Å². The molecule has 1 heterocycles. The van der Waals surface area contributed by atoms with Crippen molar-refractivity contribution in [3.8, 4) is 0 Å². The average Bonchev–Trinajstić information content (AvgIpc) is 2.75. The van der Waals surface area contributed by atoms with E-state index in [0.29, 0.717) is 22.1 Å². The average molecular weight is 333 g/mol. The van der Waals surface area contributed by atoms with E-state index in [1.807, 2.05) is 0 Å². The summed E-state index contributed by atoms with van der Waals surface area (Å²) in [5, 5.41) is 0. The third kappa shape index (κ3) is 4.42. The molecule has 0 aliphatic carbocycles. The second-order valence-electron chi connectivity index (χ2n) is 4.72. The number of aryl methyl sites for hydroxylation is 1. The van der Waals surface area contributed by atoms with E-state index in [1.165, 1.54) is 12.1 Å². The number of nitrogens with two attached hydrogens (primary N) is 1. The molecule has 0 amide bonds. The monoisotopic (exact) mass is 333 g/mol. The van der Waals surface area contributed by atoms with Crippen LogP contribution in [0.4, 0.5) is 13.2 Å². The molecule has 1 aromatic heterocycles. The van der Waals surface area contributed by atoms with Crippen LogP contribution >= 0.6 is 23.3 Å². The van der Waals surface area contributed by atoms with Crippen LogP contribution in [0.5, 0.6) is 0 Å². The summed E-state index contributed by atoms with van der Waals surface area (Å²) in [5.41, 5.74) is 5.57. The summed E-state index contributed by atoms with van der Waals surface area (Å²) in [4.78, 5) is 4.21. The molecule has 2 N–H and O–H groups in total. The standard InChI is InChI=1S/C13H14F3N3S2/c1-7(17)5-9-3-4-11(10(6-9)13(14,15)16)20-12-18-8(2)19-21-12/h3-4,6-7H,5,17H2,1-2H3. The third-order valence-corrected chi connectivity index (χ3v) is 4.53. The molecule has 0 spiro atoms. The maximum Gasteiger partial charge on any atom is 0.417 e. The molecule has 2 rings (SSSR count). The number of alkyl halides is 3. The minimum absolute atomic E-state index is 0.132. The lowest BCUT2D eigenvalue weighted by molar-refractivity contribution is -0.139. The first-order chi connectivity index (χ1) is 9.75. The van der Waals surface area contributed by atoms with Crippen LogP contribution in [-0.4, -0.2) is 15.4 Å². The van der Waals surface area contributed by atoms with E-state index >= 15 is 0 Å². The Morgan fingerprint density at radius 3 is 2.62 bits per heavy atom. The molecular weight excluding hydrogens is 319 g/mol. The first kappa shape index (κ1) is 16.3. The molecule has 0 radical (unpaired) electrons. The topological polar surface area (TPSA) is 51.8 Å². The van der Waals surface area contributed by atoms with Crippen LogP contribution in [0.1, 0.15) is 23.9 Å². The molecule has 0 fully saturated rings. The molecule has 0 aliphatic rings. The molecule has 0 saturated heterocycles. The van der Waals surface area contributed by atoms with Crippen molar-refractivity contribution < 1.29 is 13.2 Å². The normalized spacial score (nSPS) is 13.4. The van der Waals surface area contributed by atoms with Gasteiger partial charge in [0.25, 0.3) is 0 Å². The van der Waals surface area contributed by atoms with E-state index in [-0.39, 0.29) is 10.9 Å². The molecule has 1 atom stereocenters. The minimum atomic E-state index is -4.41. The van der Waals surface area contributed by atoms with Gasteiger partial charge in [-0.1, -0.05) is 17.8 Å². The molecule has 2 aromatic rings. The van der Waals surface area contributed by atoms with E-state index in [1.54, 1.807) is 19.9 Å². The van der Waals surface area contributed by atoms with E-state index in [4.69, 9.17) is 5.73 Å². The highest BCUT2D eigenvalue weighted by Gasteiger charge is 2.34. The van der Waals surface area contributed by atoms with Gasteiger partial charge in [-0.3, -0.25) is 0 Å². The predicted octanol–water partition coefficient (Wildman–Crippen LogP) is 3.91. The zero-order valence-corrected chi connectivity index (χ0v) is 13.1. The zero-order valence-electron chi connectivity index (χ0n) is 11.4. The Morgan fingerprint density at radius 2 is 2.10 bits per heavy atom. The summed E-state index contributed by atoms with van der Waals surface area (Å²) in [7, 11) is 0. The molecular formula is C13H14F3N3S2. The fourth-order valence-electron chi connectivity index (χ4n) is 1.80. The summed E-state index contributed by atoms with van der Waals surface area (Å²) >= 11 is 2.08. The van der Waals surface area contributed by atoms with Gasteiger partial charge in [0.05, 0.1) is 5.56 Å². The second-order valence-corrected chi connectivity index (χ2v) is 6.76. The molecule has 0 bridgehead atoms. The van der Waals surface area contributed by atoms with E-state index in [2.05, 4.69) is 9.36 Å². The molecule has 1 unspecified atom stereocenters. The first-order valence-electron chi connectivity index (χ1n) is 6.19. The predicted molar refractivity (Wildman–Crippen MR) is 77.6 cm³/mol. The number of halogens is 3. The molecule has 0 saturated carbocycles. The van der Waals surface area contributed by atoms with Crippen molar-refractivity contribution in [3.63, 3.8) is 0 Å². The zero-order chi connectivity index (χ0) is 15.6. The fraction of sp³-hybridized carbons (Fsp3) is 0.385. The number of aromatic nitrogens is 2. The molecule has 0 aliphatic heterocycles. The second kappa shape index (κ2) is 6.33. The Bertz CT molecular complexity index is 623. The maximum absolute atomic E-state index is 13.2. The Morgan fingerprint density at radius 1 is 1.38 bits per heavy atom. The summed E-state index contributed by atoms with van der Waals surface area (Å²) in [5.74, 6) is 0.560. The third-order valence-electron chi connectivity index (χ3n) is 2.61. The minimum Gasteiger partial charge on any atom is -0.328 e. The van der Waals surface area contributed by atoms with E-state index < -0.39 is 11.7 Å². The summed E-state index contributed by atoms with van der Waals surface area (Å²) in [6.07, 6.45) is -4.00. The number of benzene rings is 1. The molecule has 114 valence electrons. The highest BCUT2D eigenvalue weighted by molar-refractivity contribution is 8.01. The van der Waals surface area contributed by atoms with Crippen LogP contribution in [-0.2, 0) is 12.6 Å². The number of nitrogens with zero attached hydrogens (tertiary/aromatic N) is 2. The van der Waals surface area contributed by atoms with Gasteiger partial charge in [0.15, 0.2) is 4.34 Å². The van der Waals surface area contributed by atoms with Gasteiger partial charge < -0.3 is 5.73 Å². The van der Waals surface area contributed by atoms with Gasteiger partial charge in [0.2, 0.25) is 0 Å². The van der Waals surface area contributed by atoms with Crippen LogP contribution in [0.3, 0.4) is 0 Å². The lowest BCUT2D eigenvalue weighted by Crippen LogP contribution is -2.18. The van der Waals surface area contributed by atoms with Crippen LogP contribution < -0.4 is 5.73 Å². The lowest BCUT2D eigenvalue weighted by atomic mass is 10.0. The van der Waals surface area contributed by atoms with Crippen molar-refractivity contribution in [2.75, 3.05) is 0 Å². The number of hydrogen-bond donors (Lipinski definition) is 1. The summed E-state index contributed by atoms with van der Waals surface area (Å²) < 4.78 is 44.1. The van der Waals surface area contributed by atoms with Crippen LogP contribution in [0.25, 0.3) is 0 Å². The van der Waals surface area contributed by atoms with Gasteiger partial charge in [-0.15, -0.1) is 0 Å². The maximum atomic E-state index is 13.2. The van der Waals surface area contributed by atoms with Gasteiger partial charge in [-0.25, -0.2) is 4.98 Å². The van der Waals surface area contributed by atoms with Crippen LogP contribution in [0.2, 0.25) is 0 Å². The highest BCUT2D eigenvalue weighted by Crippen LogP contribution is 2.40. The Labute approximate surface area is 128 Å². The van der Waals surface area contributed by atoms with Gasteiger partial charge in [-0.05, 0) is 49.5 Å². The largest absolute Gasteiger partial charge is 0.417 e. The molecule has 1 aromatic carbocycles. The molecule has 8 heteroatoms. The van der Waals surface area contributed by atoms with Crippen molar-refractivity contribution in [1.82, 2.24) is 9.36 Å². The summed E-state index contributed by atoms with van der Waals surface area (Å²) in [6.45, 7) is 3.47. The fourth-order valence-corrected chi connectivity index (χ4v) is 3.54. The quantitative estimate of drug-likeness (QED) is 0.922. The van der Waals surface area contributed by atoms with Gasteiger partial charge in [-0.2, -0.15) is 17.5 Å². The van der Waals surface area contributed by atoms with Crippen LogP contribution in [0, 0.1) is 6.92 Å². The van der Waals surface area contributed by atoms with E-state index in [0.717, 1.165) is 23.3 Å². The van der Waals surface area contributed by atoms with Crippen molar-refractivity contribution in [1.29, 1.82) is 0 Å². The lowest BCUT2D eigenvalue weighted by Gasteiger charge is -2.14. The van der Waals surface area contributed by atoms with Gasteiger partial charge in [0.1, 0.15) is 5.82 Å². The van der Waals surface area contributed by atoms with Crippen molar-refractivity contribution >= 4 is 23.3 Å². The number of rotatable bonds is 4. The van der Waals surface area contributed by atoms with E-state index in [9.17, 15) is 13.2 Å². The van der Waals surface area contributed by atoms with Crippen LogP contribution in [0.15, 0.2) is 27.4 Å².